The minimum absolute atomic E-state index is 0.0995. The second-order valence-corrected chi connectivity index (χ2v) is 6.86. The number of carbonyl (C=O) groups excluding carboxylic acids is 1. The summed E-state index contributed by atoms with van der Waals surface area (Å²) in [6.07, 6.45) is 2.02. The molecule has 0 aliphatic heterocycles. The van der Waals surface area contributed by atoms with Crippen molar-refractivity contribution in [1.82, 2.24) is 4.90 Å². The Hall–Kier alpha value is -2.89. The van der Waals surface area contributed by atoms with Crippen LogP contribution in [-0.2, 0) is 6.54 Å². The lowest BCUT2D eigenvalue weighted by Gasteiger charge is -2.21. The molecular formula is C23H31NO5. The van der Waals surface area contributed by atoms with E-state index in [4.69, 9.17) is 18.9 Å². The number of nitrogens with zero attached hydrogens (tertiary/aromatic N) is 1. The van der Waals surface area contributed by atoms with Crippen molar-refractivity contribution in [3.8, 4) is 23.0 Å². The van der Waals surface area contributed by atoms with Crippen molar-refractivity contribution in [2.45, 2.75) is 33.2 Å². The zero-order chi connectivity index (χ0) is 21.4. The van der Waals surface area contributed by atoms with Crippen molar-refractivity contribution in [3.05, 3.63) is 47.0 Å². The third-order valence-corrected chi connectivity index (χ3v) is 4.76. The van der Waals surface area contributed by atoms with Crippen LogP contribution in [-0.4, -0.2) is 45.8 Å². The minimum Gasteiger partial charge on any atom is -0.493 e. The van der Waals surface area contributed by atoms with Gasteiger partial charge in [0.1, 0.15) is 0 Å². The van der Waals surface area contributed by atoms with Crippen molar-refractivity contribution < 1.29 is 23.7 Å². The second kappa shape index (κ2) is 10.6. The van der Waals surface area contributed by atoms with Crippen LogP contribution in [0, 0.1) is 6.92 Å². The molecule has 6 nitrogen and oxygen atoms in total. The highest BCUT2D eigenvalue weighted by Crippen LogP contribution is 2.32. The van der Waals surface area contributed by atoms with E-state index in [1.165, 1.54) is 0 Å². The highest BCUT2D eigenvalue weighted by atomic mass is 16.5. The first-order valence-corrected chi connectivity index (χ1v) is 9.72. The molecule has 0 unspecified atom stereocenters. The summed E-state index contributed by atoms with van der Waals surface area (Å²) >= 11 is 0. The Balaban J connectivity index is 2.18. The Labute approximate surface area is 173 Å². The molecular weight excluding hydrogens is 370 g/mol. The number of hydrogen-bond donors (Lipinski definition) is 0. The monoisotopic (exact) mass is 401 g/mol. The molecule has 0 radical (unpaired) electrons. The van der Waals surface area contributed by atoms with E-state index < -0.39 is 0 Å². The summed E-state index contributed by atoms with van der Waals surface area (Å²) in [7, 11) is 6.56. The van der Waals surface area contributed by atoms with E-state index in [2.05, 4.69) is 6.92 Å². The Bertz CT molecular complexity index is 834. The third-order valence-electron chi connectivity index (χ3n) is 4.76. The lowest BCUT2D eigenvalue weighted by Crippen LogP contribution is -2.26. The first kappa shape index (κ1) is 22.4. The van der Waals surface area contributed by atoms with Crippen LogP contribution in [0.2, 0.25) is 0 Å². The van der Waals surface area contributed by atoms with Gasteiger partial charge in [0.25, 0.3) is 5.91 Å². The van der Waals surface area contributed by atoms with E-state index in [-0.39, 0.29) is 5.91 Å². The standard InChI is InChI=1S/C23H31NO5/c1-7-8-11-29-19-10-9-17(13-21(19)27-5)23(25)24(3)15-18-14-22(28-6)20(26-4)12-16(18)2/h9-10,12-14H,7-8,11,15H2,1-6H3. The predicted octanol–water partition coefficient (Wildman–Crippen LogP) is 4.47. The van der Waals surface area contributed by atoms with E-state index in [9.17, 15) is 4.79 Å². The van der Waals surface area contributed by atoms with Crippen LogP contribution in [0.15, 0.2) is 30.3 Å². The Morgan fingerprint density at radius 3 is 2.17 bits per heavy atom. The Kier molecular flexibility index (Phi) is 8.19. The number of aryl methyl sites for hydroxylation is 1. The lowest BCUT2D eigenvalue weighted by molar-refractivity contribution is 0.0784. The highest BCUT2D eigenvalue weighted by molar-refractivity contribution is 5.94. The number of rotatable bonds is 10. The number of hydrogen-bond acceptors (Lipinski definition) is 5. The summed E-state index contributed by atoms with van der Waals surface area (Å²) in [5.41, 5.74) is 2.56. The van der Waals surface area contributed by atoms with Gasteiger partial charge in [0.05, 0.1) is 27.9 Å². The maximum Gasteiger partial charge on any atom is 0.254 e. The van der Waals surface area contributed by atoms with Gasteiger partial charge in [-0.2, -0.15) is 0 Å². The number of ether oxygens (including phenoxy) is 4. The summed E-state index contributed by atoms with van der Waals surface area (Å²) in [5, 5.41) is 0. The molecule has 0 saturated carbocycles. The first-order chi connectivity index (χ1) is 13.9. The van der Waals surface area contributed by atoms with E-state index in [0.717, 1.165) is 24.0 Å². The maximum absolute atomic E-state index is 13.0. The summed E-state index contributed by atoms with van der Waals surface area (Å²) in [6, 6.07) is 9.10. The fraction of sp³-hybridized carbons (Fsp3) is 0.435. The van der Waals surface area contributed by atoms with Gasteiger partial charge in [0, 0.05) is 19.2 Å². The van der Waals surface area contributed by atoms with Crippen LogP contribution in [0.3, 0.4) is 0 Å². The molecule has 2 aromatic rings. The molecule has 0 spiro atoms. The average Bonchev–Trinajstić information content (AvgIpc) is 2.74. The van der Waals surface area contributed by atoms with Crippen LogP contribution in [0.1, 0.15) is 41.3 Å². The van der Waals surface area contributed by atoms with Gasteiger partial charge in [0.15, 0.2) is 23.0 Å². The molecule has 2 aromatic carbocycles. The molecule has 6 heteroatoms. The van der Waals surface area contributed by atoms with Gasteiger partial charge in [0.2, 0.25) is 0 Å². The maximum atomic E-state index is 13.0. The van der Waals surface area contributed by atoms with E-state index in [1.807, 2.05) is 19.1 Å². The largest absolute Gasteiger partial charge is 0.493 e. The second-order valence-electron chi connectivity index (χ2n) is 6.86. The van der Waals surface area contributed by atoms with Crippen LogP contribution in [0.4, 0.5) is 0 Å². The smallest absolute Gasteiger partial charge is 0.254 e. The van der Waals surface area contributed by atoms with Crippen LogP contribution < -0.4 is 18.9 Å². The molecule has 0 aliphatic rings. The van der Waals surface area contributed by atoms with Gasteiger partial charge in [-0.25, -0.2) is 0 Å². The molecule has 1 amide bonds. The zero-order valence-corrected chi connectivity index (χ0v) is 18.2. The van der Waals surface area contributed by atoms with Crippen molar-refractivity contribution in [1.29, 1.82) is 0 Å². The quantitative estimate of drug-likeness (QED) is 0.550. The van der Waals surface area contributed by atoms with Gasteiger partial charge in [-0.05, 0) is 54.8 Å². The van der Waals surface area contributed by atoms with Crippen LogP contribution >= 0.6 is 0 Å². The number of methoxy groups -OCH3 is 3. The Morgan fingerprint density at radius 1 is 0.931 bits per heavy atom. The molecule has 0 aliphatic carbocycles. The van der Waals surface area contributed by atoms with E-state index >= 15 is 0 Å². The number of benzene rings is 2. The van der Waals surface area contributed by atoms with Crippen molar-refractivity contribution in [2.24, 2.45) is 0 Å². The molecule has 2 rings (SSSR count). The molecule has 0 saturated heterocycles. The van der Waals surface area contributed by atoms with Crippen molar-refractivity contribution in [3.63, 3.8) is 0 Å². The minimum atomic E-state index is -0.0995. The van der Waals surface area contributed by atoms with Crippen LogP contribution in [0.25, 0.3) is 0 Å². The number of amides is 1. The van der Waals surface area contributed by atoms with E-state index in [1.54, 1.807) is 51.5 Å². The number of carbonyl (C=O) groups is 1. The topological polar surface area (TPSA) is 57.2 Å². The molecule has 0 aromatic heterocycles. The van der Waals surface area contributed by atoms with Gasteiger partial charge in [-0.3, -0.25) is 4.79 Å². The van der Waals surface area contributed by atoms with Crippen molar-refractivity contribution >= 4 is 5.91 Å². The molecule has 158 valence electrons. The Morgan fingerprint density at radius 2 is 1.55 bits per heavy atom. The summed E-state index contributed by atoms with van der Waals surface area (Å²) in [5.74, 6) is 2.42. The number of unbranched alkanes of at least 4 members (excludes halogenated alkanes) is 1. The van der Waals surface area contributed by atoms with E-state index in [0.29, 0.717) is 41.7 Å². The molecule has 0 atom stereocenters. The van der Waals surface area contributed by atoms with Crippen LogP contribution in [0.5, 0.6) is 23.0 Å². The van der Waals surface area contributed by atoms with Gasteiger partial charge in [-0.1, -0.05) is 13.3 Å². The molecule has 0 fully saturated rings. The lowest BCUT2D eigenvalue weighted by atomic mass is 10.1. The molecule has 0 heterocycles. The van der Waals surface area contributed by atoms with Gasteiger partial charge >= 0.3 is 0 Å². The van der Waals surface area contributed by atoms with Gasteiger partial charge in [-0.15, -0.1) is 0 Å². The normalized spacial score (nSPS) is 10.4. The molecule has 29 heavy (non-hydrogen) atoms. The summed E-state index contributed by atoms with van der Waals surface area (Å²) in [6.45, 7) is 5.17. The molecule has 0 bridgehead atoms. The predicted molar refractivity (Wildman–Crippen MR) is 113 cm³/mol. The highest BCUT2D eigenvalue weighted by Gasteiger charge is 2.17. The fourth-order valence-electron chi connectivity index (χ4n) is 2.99. The fourth-order valence-corrected chi connectivity index (χ4v) is 2.99. The van der Waals surface area contributed by atoms with Gasteiger partial charge < -0.3 is 23.8 Å². The van der Waals surface area contributed by atoms with Crippen molar-refractivity contribution in [2.75, 3.05) is 35.0 Å². The first-order valence-electron chi connectivity index (χ1n) is 9.72. The third kappa shape index (κ3) is 5.56. The SMILES string of the molecule is CCCCOc1ccc(C(=O)N(C)Cc2cc(OC)c(OC)cc2C)cc1OC. The average molecular weight is 402 g/mol. The molecule has 0 N–H and O–H groups in total. The summed E-state index contributed by atoms with van der Waals surface area (Å²) < 4.78 is 21.9. The summed E-state index contributed by atoms with van der Waals surface area (Å²) in [4.78, 5) is 14.6. The zero-order valence-electron chi connectivity index (χ0n) is 18.2.